The lowest BCUT2D eigenvalue weighted by molar-refractivity contribution is -0.166. The Bertz CT molecular complexity index is 1420. The molecule has 0 N–H and O–H groups in total. The highest BCUT2D eigenvalue weighted by molar-refractivity contribution is 5.71. The smallest absolute Gasteiger partial charge is 0.306 e. The van der Waals surface area contributed by atoms with E-state index in [-0.39, 0.29) is 31.6 Å². The SMILES string of the molecule is CC/C=C\C/C=C\C/C=C\C/C=C\CCC(=O)OC(COC(=O)CCCCC/C=C\C/C=C\C/C=C\CC)COC(=O)CCCCCCCCCCCCCCC/C=C\C/C=C\CCCCCCC. The van der Waals surface area contributed by atoms with Gasteiger partial charge in [-0.2, -0.15) is 0 Å². The Hall–Kier alpha value is -3.93. The van der Waals surface area contributed by atoms with Crippen LogP contribution in [0.2, 0.25) is 0 Å². The van der Waals surface area contributed by atoms with Crippen molar-refractivity contribution < 1.29 is 28.6 Å². The standard InChI is InChI=1S/C63H104O6/c1-4-7-10-13-16-19-22-25-26-27-28-29-30-31-32-33-34-35-36-39-41-44-47-50-53-56-62(65)68-59-60(69-63(66)57-54-51-48-45-42-38-24-21-18-15-12-9-6-3)58-67-61(64)55-52-49-46-43-40-37-23-20-17-14-11-8-5-2/h8-9,11-12,17-18,20-22,25,27-28,37-38,40,42,48,51,60H,4-7,10,13-16,19,23-24,26,29-36,39,41,43-47,49-50,52-59H2,1-3H3/b11-8-,12-9-,20-17-,21-18-,25-22-,28-27-,40-37-,42-38-,51-48-. The van der Waals surface area contributed by atoms with Crippen LogP contribution in [0.15, 0.2) is 109 Å². The normalized spacial score (nSPS) is 12.9. The summed E-state index contributed by atoms with van der Waals surface area (Å²) in [5.74, 6) is -1.03. The Morgan fingerprint density at radius 1 is 0.304 bits per heavy atom. The Morgan fingerprint density at radius 2 is 0.594 bits per heavy atom. The van der Waals surface area contributed by atoms with E-state index in [1.165, 1.54) is 109 Å². The van der Waals surface area contributed by atoms with Gasteiger partial charge in [0.2, 0.25) is 0 Å². The zero-order valence-electron chi connectivity index (χ0n) is 44.8. The van der Waals surface area contributed by atoms with Crippen LogP contribution in [0.25, 0.3) is 0 Å². The van der Waals surface area contributed by atoms with Crippen LogP contribution in [0.5, 0.6) is 0 Å². The molecular weight excluding hydrogens is 853 g/mol. The number of rotatable bonds is 50. The van der Waals surface area contributed by atoms with Gasteiger partial charge in [-0.25, -0.2) is 0 Å². The van der Waals surface area contributed by atoms with Crippen molar-refractivity contribution in [1.82, 2.24) is 0 Å². The first-order valence-corrected chi connectivity index (χ1v) is 28.4. The fourth-order valence-electron chi connectivity index (χ4n) is 7.56. The van der Waals surface area contributed by atoms with Crippen LogP contribution in [0.3, 0.4) is 0 Å². The first-order chi connectivity index (χ1) is 34.0. The molecule has 6 heteroatoms. The third-order valence-electron chi connectivity index (χ3n) is 11.8. The van der Waals surface area contributed by atoms with Gasteiger partial charge < -0.3 is 14.2 Å². The average Bonchev–Trinajstić information content (AvgIpc) is 3.35. The third kappa shape index (κ3) is 54.9. The van der Waals surface area contributed by atoms with Crippen molar-refractivity contribution in [2.45, 2.75) is 258 Å². The maximum atomic E-state index is 12.8. The quantitative estimate of drug-likeness (QED) is 0.0262. The summed E-state index contributed by atoms with van der Waals surface area (Å²) in [6, 6.07) is 0. The number of carbonyl (C=O) groups excluding carboxylic acids is 3. The zero-order valence-corrected chi connectivity index (χ0v) is 44.8. The van der Waals surface area contributed by atoms with E-state index in [1.54, 1.807) is 0 Å². The number of ether oxygens (including phenoxy) is 3. The monoisotopic (exact) mass is 957 g/mol. The number of hydrogen-bond acceptors (Lipinski definition) is 6. The Balaban J connectivity index is 4.34. The van der Waals surface area contributed by atoms with Crippen LogP contribution in [0, 0.1) is 0 Å². The van der Waals surface area contributed by atoms with Crippen molar-refractivity contribution in [3.63, 3.8) is 0 Å². The number of esters is 3. The molecule has 0 aliphatic rings. The Kier molecular flexibility index (Phi) is 53.4. The minimum atomic E-state index is -0.829. The van der Waals surface area contributed by atoms with Crippen molar-refractivity contribution in [3.8, 4) is 0 Å². The fraction of sp³-hybridized carbons (Fsp3) is 0.667. The largest absolute Gasteiger partial charge is 0.462 e. The summed E-state index contributed by atoms with van der Waals surface area (Å²) in [6.45, 7) is 6.31. The molecule has 0 rings (SSSR count). The first kappa shape index (κ1) is 65.1. The van der Waals surface area contributed by atoms with Crippen LogP contribution in [-0.2, 0) is 28.6 Å². The maximum Gasteiger partial charge on any atom is 0.306 e. The summed E-state index contributed by atoms with van der Waals surface area (Å²) in [4.78, 5) is 38.0. The van der Waals surface area contributed by atoms with Gasteiger partial charge in [0.15, 0.2) is 6.10 Å². The van der Waals surface area contributed by atoms with Crippen LogP contribution >= 0.6 is 0 Å². The molecular formula is C63H104O6. The second-order valence-electron chi connectivity index (χ2n) is 18.4. The van der Waals surface area contributed by atoms with E-state index in [4.69, 9.17) is 14.2 Å². The van der Waals surface area contributed by atoms with Crippen molar-refractivity contribution in [2.75, 3.05) is 13.2 Å². The lowest BCUT2D eigenvalue weighted by Gasteiger charge is -2.18. The first-order valence-electron chi connectivity index (χ1n) is 28.4. The van der Waals surface area contributed by atoms with E-state index in [0.29, 0.717) is 19.3 Å². The molecule has 0 radical (unpaired) electrons. The van der Waals surface area contributed by atoms with Crippen LogP contribution < -0.4 is 0 Å². The summed E-state index contributed by atoms with van der Waals surface area (Å²) in [6.07, 6.45) is 76.8. The van der Waals surface area contributed by atoms with Crippen LogP contribution in [-0.4, -0.2) is 37.2 Å². The molecule has 0 aromatic heterocycles. The number of allylic oxidation sites excluding steroid dienone is 18. The number of carbonyl (C=O) groups is 3. The van der Waals surface area contributed by atoms with Gasteiger partial charge in [-0.15, -0.1) is 0 Å². The number of unbranched alkanes of at least 4 members (excludes halogenated alkanes) is 21. The molecule has 392 valence electrons. The molecule has 0 amide bonds. The van der Waals surface area contributed by atoms with Gasteiger partial charge in [-0.3, -0.25) is 14.4 Å². The van der Waals surface area contributed by atoms with E-state index in [9.17, 15) is 14.4 Å². The minimum Gasteiger partial charge on any atom is -0.462 e. The molecule has 0 aromatic rings. The predicted molar refractivity (Wildman–Crippen MR) is 297 cm³/mol. The Labute approximate surface area is 425 Å². The third-order valence-corrected chi connectivity index (χ3v) is 11.8. The van der Waals surface area contributed by atoms with E-state index in [2.05, 4.69) is 118 Å². The zero-order chi connectivity index (χ0) is 50.0. The Morgan fingerprint density at radius 3 is 0.957 bits per heavy atom. The molecule has 0 aliphatic carbocycles. The second kappa shape index (κ2) is 56.7. The molecule has 0 aliphatic heterocycles. The molecule has 6 nitrogen and oxygen atoms in total. The highest BCUT2D eigenvalue weighted by Gasteiger charge is 2.19. The van der Waals surface area contributed by atoms with Gasteiger partial charge in [-0.05, 0) is 109 Å². The van der Waals surface area contributed by atoms with E-state index in [0.717, 1.165) is 96.3 Å². The van der Waals surface area contributed by atoms with Crippen LogP contribution in [0.4, 0.5) is 0 Å². The van der Waals surface area contributed by atoms with Crippen molar-refractivity contribution in [3.05, 3.63) is 109 Å². The highest BCUT2D eigenvalue weighted by Crippen LogP contribution is 2.15. The summed E-state index contributed by atoms with van der Waals surface area (Å²) in [7, 11) is 0. The second-order valence-corrected chi connectivity index (χ2v) is 18.4. The average molecular weight is 958 g/mol. The lowest BCUT2D eigenvalue weighted by Crippen LogP contribution is -2.30. The molecule has 0 fully saturated rings. The summed E-state index contributed by atoms with van der Waals surface area (Å²) < 4.78 is 16.7. The van der Waals surface area contributed by atoms with Gasteiger partial charge in [0.05, 0.1) is 0 Å². The molecule has 0 saturated heterocycles. The fourth-order valence-corrected chi connectivity index (χ4v) is 7.56. The molecule has 0 heterocycles. The van der Waals surface area contributed by atoms with Gasteiger partial charge in [0, 0.05) is 19.3 Å². The molecule has 0 spiro atoms. The van der Waals surface area contributed by atoms with Crippen LogP contribution in [0.1, 0.15) is 252 Å². The van der Waals surface area contributed by atoms with Crippen molar-refractivity contribution in [1.29, 1.82) is 0 Å². The molecule has 1 unspecified atom stereocenters. The number of hydrogen-bond donors (Lipinski definition) is 0. The highest BCUT2D eigenvalue weighted by atomic mass is 16.6. The van der Waals surface area contributed by atoms with Crippen molar-refractivity contribution >= 4 is 17.9 Å². The van der Waals surface area contributed by atoms with Gasteiger partial charge in [-0.1, -0.05) is 233 Å². The molecule has 0 aromatic carbocycles. The van der Waals surface area contributed by atoms with E-state index in [1.807, 2.05) is 12.2 Å². The molecule has 1 atom stereocenters. The topological polar surface area (TPSA) is 78.9 Å². The predicted octanol–water partition coefficient (Wildman–Crippen LogP) is 19.1. The molecule has 0 saturated carbocycles. The lowest BCUT2D eigenvalue weighted by atomic mass is 10.0. The van der Waals surface area contributed by atoms with Gasteiger partial charge in [0.1, 0.15) is 13.2 Å². The van der Waals surface area contributed by atoms with E-state index < -0.39 is 12.1 Å². The maximum absolute atomic E-state index is 12.8. The van der Waals surface area contributed by atoms with Gasteiger partial charge >= 0.3 is 17.9 Å². The summed E-state index contributed by atoms with van der Waals surface area (Å²) in [5, 5.41) is 0. The van der Waals surface area contributed by atoms with E-state index >= 15 is 0 Å². The molecule has 69 heavy (non-hydrogen) atoms. The summed E-state index contributed by atoms with van der Waals surface area (Å²) in [5.41, 5.74) is 0. The molecule has 0 bridgehead atoms. The van der Waals surface area contributed by atoms with Crippen molar-refractivity contribution in [2.24, 2.45) is 0 Å². The summed E-state index contributed by atoms with van der Waals surface area (Å²) >= 11 is 0. The minimum absolute atomic E-state index is 0.117. The van der Waals surface area contributed by atoms with Gasteiger partial charge in [0.25, 0.3) is 0 Å².